The van der Waals surface area contributed by atoms with Gasteiger partial charge in [0, 0.05) is 37.7 Å². The summed E-state index contributed by atoms with van der Waals surface area (Å²) in [6, 6.07) is 1.00. The van der Waals surface area contributed by atoms with Crippen molar-refractivity contribution in [3.05, 3.63) is 35.1 Å². The van der Waals surface area contributed by atoms with Gasteiger partial charge >= 0.3 is 0 Å². The molecule has 1 amide bonds. The topological polar surface area (TPSA) is 72.6 Å². The first kappa shape index (κ1) is 18.8. The fraction of sp³-hybridized carbons (Fsp3) is 0.556. The Labute approximate surface area is 149 Å². The number of nitrogens with two attached hydrogens (primary N) is 1. The SMILES string of the molecule is NC[C@H]1CC[C@@H](C(=O)N2CCC(C(=O)c3c(F)cc(F)cc3F)CC2)O1. The summed E-state index contributed by atoms with van der Waals surface area (Å²) in [4.78, 5) is 26.5. The highest BCUT2D eigenvalue weighted by Crippen LogP contribution is 2.27. The van der Waals surface area contributed by atoms with Crippen LogP contribution in [0.5, 0.6) is 0 Å². The number of amides is 1. The van der Waals surface area contributed by atoms with Crippen LogP contribution in [-0.4, -0.2) is 48.4 Å². The number of rotatable bonds is 4. The van der Waals surface area contributed by atoms with Gasteiger partial charge in [-0.05, 0) is 25.7 Å². The molecule has 3 rings (SSSR count). The van der Waals surface area contributed by atoms with Gasteiger partial charge in [0.15, 0.2) is 5.78 Å². The zero-order chi connectivity index (χ0) is 18.8. The maximum Gasteiger partial charge on any atom is 0.251 e. The van der Waals surface area contributed by atoms with E-state index < -0.39 is 40.8 Å². The van der Waals surface area contributed by atoms with E-state index in [1.54, 1.807) is 4.90 Å². The van der Waals surface area contributed by atoms with Crippen molar-refractivity contribution in [3.63, 3.8) is 0 Å². The molecule has 142 valence electrons. The average molecular weight is 370 g/mol. The van der Waals surface area contributed by atoms with Gasteiger partial charge in [-0.15, -0.1) is 0 Å². The molecule has 5 nitrogen and oxygen atoms in total. The lowest BCUT2D eigenvalue weighted by atomic mass is 9.88. The van der Waals surface area contributed by atoms with E-state index in [0.29, 0.717) is 51.0 Å². The summed E-state index contributed by atoms with van der Waals surface area (Å²) in [5.41, 5.74) is 4.84. The summed E-state index contributed by atoms with van der Waals surface area (Å²) in [5, 5.41) is 0. The second-order valence-electron chi connectivity index (χ2n) is 6.77. The van der Waals surface area contributed by atoms with E-state index in [1.807, 2.05) is 0 Å². The van der Waals surface area contributed by atoms with Crippen LogP contribution in [0, 0.1) is 23.4 Å². The molecule has 2 N–H and O–H groups in total. The Balaban J connectivity index is 1.60. The van der Waals surface area contributed by atoms with Gasteiger partial charge in [0.05, 0.1) is 11.7 Å². The monoisotopic (exact) mass is 370 g/mol. The standard InChI is InChI=1S/C18H21F3N2O3/c19-11-7-13(20)16(14(21)8-11)17(24)10-3-5-23(6-4-10)18(25)15-2-1-12(9-22)26-15/h7-8,10,12,15H,1-6,9,22H2/t12-,15+/m1/s1. The quantitative estimate of drug-likeness (QED) is 0.824. The Morgan fingerprint density at radius 2 is 1.69 bits per heavy atom. The van der Waals surface area contributed by atoms with E-state index in [2.05, 4.69) is 0 Å². The van der Waals surface area contributed by atoms with E-state index >= 15 is 0 Å². The Morgan fingerprint density at radius 1 is 1.08 bits per heavy atom. The Morgan fingerprint density at radius 3 is 2.23 bits per heavy atom. The molecule has 2 heterocycles. The lowest BCUT2D eigenvalue weighted by Gasteiger charge is -2.33. The van der Waals surface area contributed by atoms with E-state index in [1.165, 1.54) is 0 Å². The van der Waals surface area contributed by atoms with E-state index in [4.69, 9.17) is 10.5 Å². The molecule has 0 radical (unpaired) electrons. The molecule has 0 unspecified atom stereocenters. The summed E-state index contributed by atoms with van der Waals surface area (Å²) in [7, 11) is 0. The lowest BCUT2D eigenvalue weighted by Crippen LogP contribution is -2.45. The molecule has 0 aliphatic carbocycles. The van der Waals surface area contributed by atoms with Crippen molar-refractivity contribution < 1.29 is 27.5 Å². The molecule has 2 fully saturated rings. The number of halogens is 3. The van der Waals surface area contributed by atoms with Gasteiger partial charge < -0.3 is 15.4 Å². The van der Waals surface area contributed by atoms with Gasteiger partial charge in [-0.1, -0.05) is 0 Å². The molecular formula is C18H21F3N2O3. The van der Waals surface area contributed by atoms with Crippen LogP contribution in [0.15, 0.2) is 12.1 Å². The molecule has 2 aliphatic rings. The van der Waals surface area contributed by atoms with Gasteiger partial charge in [-0.2, -0.15) is 0 Å². The zero-order valence-electron chi connectivity index (χ0n) is 14.2. The van der Waals surface area contributed by atoms with Crippen LogP contribution in [0.25, 0.3) is 0 Å². The highest BCUT2D eigenvalue weighted by atomic mass is 19.1. The first-order valence-electron chi connectivity index (χ1n) is 8.73. The summed E-state index contributed by atoms with van der Waals surface area (Å²) < 4.78 is 46.2. The van der Waals surface area contributed by atoms with Crippen molar-refractivity contribution in [1.29, 1.82) is 0 Å². The summed E-state index contributed by atoms with van der Waals surface area (Å²) in [5.74, 6) is -4.88. The fourth-order valence-electron chi connectivity index (χ4n) is 3.61. The number of carbonyl (C=O) groups excluding carboxylic acids is 2. The number of carbonyl (C=O) groups is 2. The normalized spacial score (nSPS) is 24.1. The van der Waals surface area contributed by atoms with Gasteiger partial charge in [-0.3, -0.25) is 9.59 Å². The van der Waals surface area contributed by atoms with Crippen LogP contribution < -0.4 is 5.73 Å². The van der Waals surface area contributed by atoms with Crippen molar-refractivity contribution in [2.45, 2.75) is 37.9 Å². The third-order valence-corrected chi connectivity index (χ3v) is 5.08. The highest BCUT2D eigenvalue weighted by Gasteiger charge is 2.36. The molecule has 0 bridgehead atoms. The lowest BCUT2D eigenvalue weighted by molar-refractivity contribution is -0.144. The minimum absolute atomic E-state index is 0.104. The van der Waals surface area contributed by atoms with Crippen molar-refractivity contribution >= 4 is 11.7 Å². The van der Waals surface area contributed by atoms with Crippen LogP contribution >= 0.6 is 0 Å². The molecule has 1 aromatic rings. The second kappa shape index (κ2) is 7.75. The fourth-order valence-corrected chi connectivity index (χ4v) is 3.61. The van der Waals surface area contributed by atoms with E-state index in [0.717, 1.165) is 6.42 Å². The molecule has 2 aliphatic heterocycles. The van der Waals surface area contributed by atoms with E-state index in [-0.39, 0.29) is 12.0 Å². The predicted octanol–water partition coefficient (Wildman–Crippen LogP) is 2.03. The Bertz CT molecular complexity index is 682. The van der Waals surface area contributed by atoms with Crippen LogP contribution in [-0.2, 0) is 9.53 Å². The Hall–Kier alpha value is -1.93. The summed E-state index contributed by atoms with van der Waals surface area (Å²) >= 11 is 0. The summed E-state index contributed by atoms with van der Waals surface area (Å²) in [6.07, 6.45) is 1.34. The maximum atomic E-state index is 13.8. The molecule has 0 spiro atoms. The number of piperidine rings is 1. The highest BCUT2D eigenvalue weighted by molar-refractivity contribution is 5.98. The van der Waals surface area contributed by atoms with Crippen LogP contribution in [0.4, 0.5) is 13.2 Å². The van der Waals surface area contributed by atoms with Crippen LogP contribution in [0.2, 0.25) is 0 Å². The second-order valence-corrected chi connectivity index (χ2v) is 6.77. The molecule has 26 heavy (non-hydrogen) atoms. The number of likely N-dealkylation sites (tertiary alicyclic amines) is 1. The number of nitrogens with zero attached hydrogens (tertiary/aromatic N) is 1. The number of hydrogen-bond acceptors (Lipinski definition) is 4. The average Bonchev–Trinajstić information content (AvgIpc) is 3.09. The first-order valence-corrected chi connectivity index (χ1v) is 8.73. The number of benzene rings is 1. The first-order chi connectivity index (χ1) is 12.4. The number of Topliss-reactive ketones (excluding diaryl/α,β-unsaturated/α-hetero) is 1. The molecular weight excluding hydrogens is 349 g/mol. The van der Waals surface area contributed by atoms with Crippen molar-refractivity contribution in [2.24, 2.45) is 11.7 Å². The number of ketones is 1. The third-order valence-electron chi connectivity index (χ3n) is 5.08. The van der Waals surface area contributed by atoms with Gasteiger partial charge in [0.1, 0.15) is 23.6 Å². The zero-order valence-corrected chi connectivity index (χ0v) is 14.2. The smallest absolute Gasteiger partial charge is 0.251 e. The van der Waals surface area contributed by atoms with Crippen LogP contribution in [0.1, 0.15) is 36.0 Å². The molecule has 0 aromatic heterocycles. The number of hydrogen-bond donors (Lipinski definition) is 1. The van der Waals surface area contributed by atoms with Gasteiger partial charge in [-0.25, -0.2) is 13.2 Å². The van der Waals surface area contributed by atoms with Crippen molar-refractivity contribution in [2.75, 3.05) is 19.6 Å². The predicted molar refractivity (Wildman–Crippen MR) is 86.9 cm³/mol. The molecule has 1 aromatic carbocycles. The van der Waals surface area contributed by atoms with Gasteiger partial charge in [0.2, 0.25) is 0 Å². The maximum absolute atomic E-state index is 13.8. The molecule has 2 saturated heterocycles. The number of ether oxygens (including phenoxy) is 1. The van der Waals surface area contributed by atoms with Crippen molar-refractivity contribution in [1.82, 2.24) is 4.90 Å². The minimum atomic E-state index is -1.20. The summed E-state index contributed by atoms with van der Waals surface area (Å²) in [6.45, 7) is 0.995. The largest absolute Gasteiger partial charge is 0.364 e. The molecule has 2 atom stereocenters. The van der Waals surface area contributed by atoms with Crippen molar-refractivity contribution in [3.8, 4) is 0 Å². The minimum Gasteiger partial charge on any atom is -0.364 e. The van der Waals surface area contributed by atoms with Gasteiger partial charge in [0.25, 0.3) is 5.91 Å². The van der Waals surface area contributed by atoms with Crippen LogP contribution in [0.3, 0.4) is 0 Å². The molecule has 0 saturated carbocycles. The molecule has 8 heteroatoms. The Kier molecular flexibility index (Phi) is 5.62. The third kappa shape index (κ3) is 3.76. The van der Waals surface area contributed by atoms with E-state index in [9.17, 15) is 22.8 Å².